The molecule has 0 aliphatic carbocycles. The summed E-state index contributed by atoms with van der Waals surface area (Å²) in [6.45, 7) is 2.93. The average molecular weight is 252 g/mol. The van der Waals surface area contributed by atoms with E-state index in [1.54, 1.807) is 0 Å². The predicted molar refractivity (Wildman–Crippen MR) is 69.8 cm³/mol. The minimum Gasteiger partial charge on any atom is -0.389 e. The highest BCUT2D eigenvalue weighted by molar-refractivity contribution is 5.59. The summed E-state index contributed by atoms with van der Waals surface area (Å²) in [5.74, 6) is 1.63. The summed E-state index contributed by atoms with van der Waals surface area (Å²) in [4.78, 5) is 10.4. The van der Waals surface area contributed by atoms with Crippen molar-refractivity contribution in [3.63, 3.8) is 0 Å². The zero-order valence-electron chi connectivity index (χ0n) is 10.8. The fourth-order valence-corrected chi connectivity index (χ4v) is 2.31. The minimum absolute atomic E-state index is 0.415. The first-order valence-corrected chi connectivity index (χ1v) is 6.30. The average Bonchev–Trinajstić information content (AvgIpc) is 2.70. The SMILES string of the molecule is CCCc1c(NC)ncnc1N1CC(O)C(O)C1. The van der Waals surface area contributed by atoms with Gasteiger partial charge >= 0.3 is 0 Å². The fraction of sp³-hybridized carbons (Fsp3) is 0.667. The number of nitrogens with one attached hydrogen (secondary N) is 1. The van der Waals surface area contributed by atoms with Crippen LogP contribution >= 0.6 is 0 Å². The number of nitrogens with zero attached hydrogens (tertiary/aromatic N) is 3. The molecule has 0 aromatic carbocycles. The molecule has 0 saturated carbocycles. The van der Waals surface area contributed by atoms with Gasteiger partial charge in [-0.2, -0.15) is 0 Å². The lowest BCUT2D eigenvalue weighted by Crippen LogP contribution is -2.24. The molecule has 18 heavy (non-hydrogen) atoms. The molecule has 1 aliphatic heterocycles. The van der Waals surface area contributed by atoms with Crippen molar-refractivity contribution in [2.45, 2.75) is 32.0 Å². The number of aromatic nitrogens is 2. The number of hydrogen-bond acceptors (Lipinski definition) is 6. The number of aliphatic hydroxyl groups is 2. The first kappa shape index (κ1) is 13.0. The smallest absolute Gasteiger partial charge is 0.137 e. The quantitative estimate of drug-likeness (QED) is 0.700. The highest BCUT2D eigenvalue weighted by Gasteiger charge is 2.31. The Morgan fingerprint density at radius 1 is 1.33 bits per heavy atom. The third-order valence-electron chi connectivity index (χ3n) is 3.22. The molecule has 6 nitrogen and oxygen atoms in total. The van der Waals surface area contributed by atoms with Gasteiger partial charge in [0.05, 0.1) is 12.2 Å². The van der Waals surface area contributed by atoms with Crippen LogP contribution in [0.3, 0.4) is 0 Å². The molecule has 0 bridgehead atoms. The van der Waals surface area contributed by atoms with Crippen LogP contribution in [0, 0.1) is 0 Å². The highest BCUT2D eigenvalue weighted by atomic mass is 16.3. The standard InChI is InChI=1S/C12H20N4O2/c1-3-4-8-11(13-2)14-7-15-12(8)16-5-9(17)10(18)6-16/h7,9-10,17-18H,3-6H2,1-2H3,(H,13,14,15). The van der Waals surface area contributed by atoms with Gasteiger partial charge in [0, 0.05) is 25.7 Å². The summed E-state index contributed by atoms with van der Waals surface area (Å²) in [7, 11) is 1.83. The predicted octanol–water partition coefficient (Wildman–Crippen LogP) is 0.0126. The van der Waals surface area contributed by atoms with Crippen molar-refractivity contribution < 1.29 is 10.2 Å². The number of β-amino-alcohol motifs (C(OH)–C–C–N with tert-alkyl or cyclic N) is 2. The van der Waals surface area contributed by atoms with Crippen LogP contribution in [-0.2, 0) is 6.42 Å². The third kappa shape index (κ3) is 2.39. The number of hydrogen-bond donors (Lipinski definition) is 3. The third-order valence-corrected chi connectivity index (χ3v) is 3.22. The molecule has 2 heterocycles. The molecule has 0 spiro atoms. The molecule has 2 rings (SSSR count). The van der Waals surface area contributed by atoms with Crippen LogP contribution in [0.15, 0.2) is 6.33 Å². The number of aliphatic hydroxyl groups excluding tert-OH is 2. The Kier molecular flexibility index (Phi) is 3.98. The van der Waals surface area contributed by atoms with Crippen LogP contribution in [0.25, 0.3) is 0 Å². The van der Waals surface area contributed by atoms with E-state index < -0.39 is 12.2 Å². The van der Waals surface area contributed by atoms with E-state index in [4.69, 9.17) is 0 Å². The Bertz CT molecular complexity index is 403. The Labute approximate surface area is 107 Å². The molecule has 0 radical (unpaired) electrons. The molecule has 2 unspecified atom stereocenters. The van der Waals surface area contributed by atoms with Crippen LogP contribution in [-0.4, -0.2) is 52.5 Å². The molecular weight excluding hydrogens is 232 g/mol. The molecule has 1 aromatic heterocycles. The summed E-state index contributed by atoms with van der Waals surface area (Å²) in [5.41, 5.74) is 1.05. The fourth-order valence-electron chi connectivity index (χ4n) is 2.31. The summed E-state index contributed by atoms with van der Waals surface area (Å²) in [5, 5.41) is 22.3. The maximum atomic E-state index is 9.63. The van der Waals surface area contributed by atoms with Gasteiger partial charge in [-0.05, 0) is 6.42 Å². The van der Waals surface area contributed by atoms with Gasteiger partial charge in [-0.3, -0.25) is 0 Å². The second kappa shape index (κ2) is 5.49. The zero-order chi connectivity index (χ0) is 13.1. The van der Waals surface area contributed by atoms with Crippen molar-refractivity contribution in [1.82, 2.24) is 9.97 Å². The molecule has 0 amide bonds. The Morgan fingerprint density at radius 3 is 2.56 bits per heavy atom. The second-order valence-corrected chi connectivity index (χ2v) is 4.56. The Balaban J connectivity index is 2.32. The van der Waals surface area contributed by atoms with Gasteiger partial charge in [0.1, 0.15) is 18.0 Å². The van der Waals surface area contributed by atoms with Crippen molar-refractivity contribution in [3.05, 3.63) is 11.9 Å². The monoisotopic (exact) mass is 252 g/mol. The molecular formula is C12H20N4O2. The van der Waals surface area contributed by atoms with Crippen LogP contribution in [0.5, 0.6) is 0 Å². The Morgan fingerprint density at radius 2 is 2.00 bits per heavy atom. The number of anilines is 2. The van der Waals surface area contributed by atoms with Crippen molar-refractivity contribution >= 4 is 11.6 Å². The van der Waals surface area contributed by atoms with Crippen LogP contribution in [0.4, 0.5) is 11.6 Å². The van der Waals surface area contributed by atoms with Gasteiger partial charge in [-0.15, -0.1) is 0 Å². The lowest BCUT2D eigenvalue weighted by molar-refractivity contribution is 0.0572. The van der Waals surface area contributed by atoms with Gasteiger partial charge in [0.15, 0.2) is 0 Å². The summed E-state index contributed by atoms with van der Waals surface area (Å²) in [6, 6.07) is 0. The maximum Gasteiger partial charge on any atom is 0.137 e. The molecule has 1 aromatic rings. The van der Waals surface area contributed by atoms with E-state index >= 15 is 0 Å². The molecule has 100 valence electrons. The van der Waals surface area contributed by atoms with E-state index in [1.807, 2.05) is 11.9 Å². The van der Waals surface area contributed by atoms with E-state index in [2.05, 4.69) is 22.2 Å². The number of rotatable bonds is 4. The van der Waals surface area contributed by atoms with E-state index in [-0.39, 0.29) is 0 Å². The van der Waals surface area contributed by atoms with Crippen LogP contribution < -0.4 is 10.2 Å². The maximum absolute atomic E-state index is 9.63. The minimum atomic E-state index is -0.701. The van der Waals surface area contributed by atoms with E-state index in [9.17, 15) is 10.2 Å². The summed E-state index contributed by atoms with van der Waals surface area (Å²) in [6.07, 6.45) is 1.97. The second-order valence-electron chi connectivity index (χ2n) is 4.56. The van der Waals surface area contributed by atoms with Crippen molar-refractivity contribution in [2.24, 2.45) is 0 Å². The van der Waals surface area contributed by atoms with Crippen LogP contribution in [0.1, 0.15) is 18.9 Å². The van der Waals surface area contributed by atoms with E-state index in [0.29, 0.717) is 13.1 Å². The lowest BCUT2D eigenvalue weighted by atomic mass is 10.1. The van der Waals surface area contributed by atoms with Gasteiger partial charge in [0.2, 0.25) is 0 Å². The molecule has 2 atom stereocenters. The van der Waals surface area contributed by atoms with E-state index in [1.165, 1.54) is 6.33 Å². The van der Waals surface area contributed by atoms with E-state index in [0.717, 1.165) is 30.0 Å². The molecule has 1 fully saturated rings. The molecule has 1 saturated heterocycles. The van der Waals surface area contributed by atoms with Gasteiger partial charge in [-0.25, -0.2) is 9.97 Å². The van der Waals surface area contributed by atoms with Gasteiger partial charge in [-0.1, -0.05) is 13.3 Å². The van der Waals surface area contributed by atoms with Crippen LogP contribution in [0.2, 0.25) is 0 Å². The topological polar surface area (TPSA) is 81.5 Å². The zero-order valence-corrected chi connectivity index (χ0v) is 10.8. The molecule has 1 aliphatic rings. The van der Waals surface area contributed by atoms with Gasteiger partial charge in [0.25, 0.3) is 0 Å². The summed E-state index contributed by atoms with van der Waals surface area (Å²) >= 11 is 0. The molecule has 3 N–H and O–H groups in total. The Hall–Kier alpha value is -1.40. The van der Waals surface area contributed by atoms with Crippen molar-refractivity contribution in [2.75, 3.05) is 30.4 Å². The molecule has 6 heteroatoms. The normalized spacial score (nSPS) is 23.4. The van der Waals surface area contributed by atoms with Crippen molar-refractivity contribution in [1.29, 1.82) is 0 Å². The highest BCUT2D eigenvalue weighted by Crippen LogP contribution is 2.27. The summed E-state index contributed by atoms with van der Waals surface area (Å²) < 4.78 is 0. The van der Waals surface area contributed by atoms with Crippen molar-refractivity contribution in [3.8, 4) is 0 Å². The lowest BCUT2D eigenvalue weighted by Gasteiger charge is -2.21. The first-order chi connectivity index (χ1) is 8.67. The first-order valence-electron chi connectivity index (χ1n) is 6.30. The largest absolute Gasteiger partial charge is 0.389 e. The van der Waals surface area contributed by atoms with Gasteiger partial charge < -0.3 is 20.4 Å².